The Bertz CT molecular complexity index is 835. The topological polar surface area (TPSA) is 123 Å². The van der Waals surface area contributed by atoms with Gasteiger partial charge in [0.2, 0.25) is 5.91 Å². The molecule has 8 heteroatoms. The third-order valence-electron chi connectivity index (χ3n) is 4.22. The van der Waals surface area contributed by atoms with Gasteiger partial charge in [-0.15, -0.1) is 0 Å². The number of aromatic hydroxyl groups is 1. The highest BCUT2D eigenvalue weighted by molar-refractivity contribution is 5.86. The van der Waals surface area contributed by atoms with Crippen LogP contribution < -0.4 is 16.4 Å². The van der Waals surface area contributed by atoms with E-state index < -0.39 is 29.8 Å². The lowest BCUT2D eigenvalue weighted by molar-refractivity contribution is -0.124. The second-order valence-corrected chi connectivity index (χ2v) is 8.17. The molecule has 0 saturated heterocycles. The van der Waals surface area contributed by atoms with Gasteiger partial charge in [0.05, 0.1) is 12.2 Å². The highest BCUT2D eigenvalue weighted by Crippen LogP contribution is 2.12. The first kappa shape index (κ1) is 24.2. The number of alkyl carbamates (subject to hydrolysis) is 1. The number of amides is 2. The number of nitrogens with one attached hydrogen (secondary N) is 2. The van der Waals surface area contributed by atoms with Gasteiger partial charge in [0.25, 0.3) is 0 Å². The first-order valence-corrected chi connectivity index (χ1v) is 10.1. The molecule has 0 unspecified atom stereocenters. The number of carbonyl (C=O) groups excluding carboxylic acids is 2. The molecule has 0 fully saturated rings. The van der Waals surface area contributed by atoms with E-state index in [-0.39, 0.29) is 25.4 Å². The summed E-state index contributed by atoms with van der Waals surface area (Å²) >= 11 is 0. The standard InChI is InChI=1S/C23H31N3O5/c1-23(2,3)31-15-20(24)26-21(28)19(13-16-9-11-18(27)12-10-16)25-22(29)30-14-17-7-5-4-6-8-17/h4-12,19-20,27H,13-15,24H2,1-3H3,(H,25,29)(H,26,28)/t19-,20+/m0/s1. The van der Waals surface area contributed by atoms with Gasteiger partial charge in [-0.3, -0.25) is 4.79 Å². The molecule has 0 aliphatic heterocycles. The van der Waals surface area contributed by atoms with Gasteiger partial charge < -0.3 is 30.9 Å². The first-order chi connectivity index (χ1) is 14.6. The largest absolute Gasteiger partial charge is 0.508 e. The van der Waals surface area contributed by atoms with E-state index in [0.717, 1.165) is 11.1 Å². The van der Waals surface area contributed by atoms with Gasteiger partial charge in [0, 0.05) is 6.42 Å². The van der Waals surface area contributed by atoms with Crippen LogP contribution in [0.2, 0.25) is 0 Å². The summed E-state index contributed by atoms with van der Waals surface area (Å²) < 4.78 is 10.8. The summed E-state index contributed by atoms with van der Waals surface area (Å²) in [5.41, 5.74) is 7.15. The van der Waals surface area contributed by atoms with Crippen molar-refractivity contribution in [1.29, 1.82) is 0 Å². The van der Waals surface area contributed by atoms with Gasteiger partial charge in [-0.2, -0.15) is 0 Å². The molecule has 0 bridgehead atoms. The van der Waals surface area contributed by atoms with Crippen molar-refractivity contribution < 1.29 is 24.2 Å². The zero-order valence-electron chi connectivity index (χ0n) is 18.1. The monoisotopic (exact) mass is 429 g/mol. The van der Waals surface area contributed by atoms with Crippen LogP contribution in [0.1, 0.15) is 31.9 Å². The fourth-order valence-electron chi connectivity index (χ4n) is 2.65. The fraction of sp³-hybridized carbons (Fsp3) is 0.391. The molecule has 0 heterocycles. The fourth-order valence-corrected chi connectivity index (χ4v) is 2.65. The molecular formula is C23H31N3O5. The van der Waals surface area contributed by atoms with Crippen LogP contribution in [0.25, 0.3) is 0 Å². The van der Waals surface area contributed by atoms with Gasteiger partial charge in [-0.1, -0.05) is 42.5 Å². The molecule has 0 aliphatic carbocycles. The number of hydrogen-bond donors (Lipinski definition) is 4. The number of phenolic OH excluding ortho intramolecular Hbond substituents is 1. The average Bonchev–Trinajstić information content (AvgIpc) is 2.72. The minimum atomic E-state index is -0.923. The molecule has 31 heavy (non-hydrogen) atoms. The van der Waals surface area contributed by atoms with Crippen molar-refractivity contribution in [3.05, 3.63) is 65.7 Å². The Morgan fingerprint density at radius 2 is 1.65 bits per heavy atom. The van der Waals surface area contributed by atoms with E-state index in [1.54, 1.807) is 12.1 Å². The smallest absolute Gasteiger partial charge is 0.408 e. The molecule has 2 amide bonds. The Morgan fingerprint density at radius 1 is 1.00 bits per heavy atom. The molecule has 0 radical (unpaired) electrons. The van der Waals surface area contributed by atoms with E-state index in [1.165, 1.54) is 12.1 Å². The Morgan fingerprint density at radius 3 is 2.26 bits per heavy atom. The van der Waals surface area contributed by atoms with Gasteiger partial charge in [-0.25, -0.2) is 4.79 Å². The number of ether oxygens (including phenoxy) is 2. The molecule has 168 valence electrons. The zero-order valence-corrected chi connectivity index (χ0v) is 18.1. The predicted octanol–water partition coefficient (Wildman–Crippen LogP) is 2.45. The minimum Gasteiger partial charge on any atom is -0.508 e. The van der Waals surface area contributed by atoms with Crippen molar-refractivity contribution >= 4 is 12.0 Å². The predicted molar refractivity (Wildman–Crippen MR) is 117 cm³/mol. The number of carbonyl (C=O) groups is 2. The Labute approximate surface area is 182 Å². The summed E-state index contributed by atoms with van der Waals surface area (Å²) in [6.07, 6.45) is -1.27. The zero-order chi connectivity index (χ0) is 22.9. The quantitative estimate of drug-likeness (QED) is 0.454. The van der Waals surface area contributed by atoms with Crippen LogP contribution in [0.3, 0.4) is 0 Å². The minimum absolute atomic E-state index is 0.0825. The van der Waals surface area contributed by atoms with Crippen LogP contribution in [0.5, 0.6) is 5.75 Å². The van der Waals surface area contributed by atoms with Crippen molar-refractivity contribution in [3.8, 4) is 5.75 Å². The van der Waals surface area contributed by atoms with Crippen LogP contribution in [0, 0.1) is 0 Å². The maximum Gasteiger partial charge on any atom is 0.408 e. The second kappa shape index (κ2) is 11.3. The molecule has 0 spiro atoms. The van der Waals surface area contributed by atoms with Crippen molar-refractivity contribution in [3.63, 3.8) is 0 Å². The van der Waals surface area contributed by atoms with Gasteiger partial charge >= 0.3 is 6.09 Å². The lowest BCUT2D eigenvalue weighted by atomic mass is 10.1. The van der Waals surface area contributed by atoms with E-state index in [1.807, 2.05) is 51.1 Å². The number of hydrogen-bond acceptors (Lipinski definition) is 6. The van der Waals surface area contributed by atoms with E-state index in [2.05, 4.69) is 10.6 Å². The highest BCUT2D eigenvalue weighted by Gasteiger charge is 2.24. The maximum absolute atomic E-state index is 12.8. The van der Waals surface area contributed by atoms with Crippen LogP contribution in [-0.2, 0) is 27.3 Å². The molecule has 0 aliphatic rings. The normalized spacial score (nSPS) is 13.2. The first-order valence-electron chi connectivity index (χ1n) is 10.1. The van der Waals surface area contributed by atoms with Gasteiger partial charge in [0.1, 0.15) is 24.6 Å². The van der Waals surface area contributed by atoms with Crippen molar-refractivity contribution in [2.45, 2.75) is 51.6 Å². The SMILES string of the molecule is CC(C)(C)OC[C@H](N)NC(=O)[C@H](Cc1ccc(O)cc1)NC(=O)OCc1ccccc1. The maximum atomic E-state index is 12.8. The Kier molecular flexibility index (Phi) is 8.84. The molecular weight excluding hydrogens is 398 g/mol. The molecule has 2 aromatic rings. The molecule has 0 aromatic heterocycles. The number of nitrogens with two attached hydrogens (primary N) is 1. The molecule has 2 aromatic carbocycles. The Balaban J connectivity index is 1.99. The number of phenols is 1. The van der Waals surface area contributed by atoms with Crippen molar-refractivity contribution in [2.24, 2.45) is 5.73 Å². The van der Waals surface area contributed by atoms with Crippen LogP contribution in [0.4, 0.5) is 4.79 Å². The lowest BCUT2D eigenvalue weighted by Gasteiger charge is -2.25. The van der Waals surface area contributed by atoms with Crippen LogP contribution >= 0.6 is 0 Å². The third-order valence-corrected chi connectivity index (χ3v) is 4.22. The third kappa shape index (κ3) is 9.50. The summed E-state index contributed by atoms with van der Waals surface area (Å²) in [6.45, 7) is 5.87. The lowest BCUT2D eigenvalue weighted by Crippen LogP contribution is -2.54. The van der Waals surface area contributed by atoms with E-state index in [4.69, 9.17) is 15.2 Å². The summed E-state index contributed by atoms with van der Waals surface area (Å²) in [5, 5.41) is 14.7. The average molecular weight is 430 g/mol. The van der Waals surface area contributed by atoms with E-state index in [9.17, 15) is 14.7 Å². The van der Waals surface area contributed by atoms with Crippen LogP contribution in [-0.4, -0.2) is 41.5 Å². The van der Waals surface area contributed by atoms with E-state index in [0.29, 0.717) is 0 Å². The molecule has 8 nitrogen and oxygen atoms in total. The number of rotatable bonds is 9. The van der Waals surface area contributed by atoms with Crippen molar-refractivity contribution in [1.82, 2.24) is 10.6 Å². The van der Waals surface area contributed by atoms with Gasteiger partial charge in [0.15, 0.2) is 0 Å². The summed E-state index contributed by atoms with van der Waals surface area (Å²) in [5.74, 6) is -0.351. The number of benzene rings is 2. The molecule has 2 atom stereocenters. The Hall–Kier alpha value is -3.10. The van der Waals surface area contributed by atoms with E-state index >= 15 is 0 Å². The summed E-state index contributed by atoms with van der Waals surface area (Å²) in [6, 6.07) is 14.7. The molecule has 2 rings (SSSR count). The summed E-state index contributed by atoms with van der Waals surface area (Å²) in [7, 11) is 0. The van der Waals surface area contributed by atoms with Crippen LogP contribution in [0.15, 0.2) is 54.6 Å². The molecule has 5 N–H and O–H groups in total. The summed E-state index contributed by atoms with van der Waals surface area (Å²) in [4.78, 5) is 25.1. The van der Waals surface area contributed by atoms with Gasteiger partial charge in [-0.05, 0) is 44.0 Å². The molecule has 0 saturated carbocycles. The highest BCUT2D eigenvalue weighted by atomic mass is 16.5. The second-order valence-electron chi connectivity index (χ2n) is 8.17. The van der Waals surface area contributed by atoms with Crippen molar-refractivity contribution in [2.75, 3.05) is 6.61 Å².